The second-order valence-corrected chi connectivity index (χ2v) is 8.45. The summed E-state index contributed by atoms with van der Waals surface area (Å²) in [6.45, 7) is 0. The van der Waals surface area contributed by atoms with Crippen molar-refractivity contribution in [3.8, 4) is 0 Å². The second-order valence-electron chi connectivity index (χ2n) is 6.67. The fourth-order valence-corrected chi connectivity index (χ4v) is 4.34. The van der Waals surface area contributed by atoms with E-state index in [9.17, 15) is 14.4 Å². The number of amidine groups is 1. The van der Waals surface area contributed by atoms with E-state index in [0.29, 0.717) is 26.5 Å². The number of benzene rings is 2. The van der Waals surface area contributed by atoms with Crippen LogP contribution in [0.1, 0.15) is 16.1 Å². The largest absolute Gasteiger partial charge is 0.438 e. The Labute approximate surface area is 196 Å². The molecule has 1 aliphatic heterocycles. The smallest absolute Gasteiger partial charge is 0.286 e. The zero-order valence-corrected chi connectivity index (χ0v) is 18.9. The summed E-state index contributed by atoms with van der Waals surface area (Å²) in [7, 11) is 1.49. The molecule has 0 spiro atoms. The standard InChI is InChI=1S/C21H14Cl2N4O4S/c1-26-18(20(30)31-25-26)17(28)11-32-21-24-16(9-12-7-8-13(22)10-15(12)23)19(29)27(21)14-5-3-2-4-6-14/h2-10H,11H2,1H3/p+1/b16-9+. The van der Waals surface area contributed by atoms with Gasteiger partial charge in [-0.1, -0.05) is 63.9 Å². The van der Waals surface area contributed by atoms with E-state index in [2.05, 4.69) is 14.8 Å². The van der Waals surface area contributed by atoms with Gasteiger partial charge in [0.25, 0.3) is 5.91 Å². The van der Waals surface area contributed by atoms with Gasteiger partial charge in [0, 0.05) is 10.0 Å². The van der Waals surface area contributed by atoms with Gasteiger partial charge in [0.05, 0.1) is 11.4 Å². The van der Waals surface area contributed by atoms with Gasteiger partial charge in [0.2, 0.25) is 5.78 Å². The number of aliphatic imine (C=N–C) groups is 1. The van der Waals surface area contributed by atoms with Gasteiger partial charge in [-0.05, 0) is 41.2 Å². The summed E-state index contributed by atoms with van der Waals surface area (Å²) in [5, 5.41) is 3.45. The van der Waals surface area contributed by atoms with Crippen molar-refractivity contribution >= 4 is 63.6 Å². The van der Waals surface area contributed by atoms with E-state index in [-0.39, 0.29) is 23.1 Å². The van der Waals surface area contributed by atoms with Crippen LogP contribution in [-0.2, 0) is 11.8 Å². The molecule has 1 amide bonds. The number of para-hydroxylation sites is 1. The molecule has 0 aliphatic carbocycles. The number of halogens is 2. The lowest BCUT2D eigenvalue weighted by molar-refractivity contribution is -0.741. The Balaban J connectivity index is 1.67. The van der Waals surface area contributed by atoms with Gasteiger partial charge in [-0.2, -0.15) is 0 Å². The lowest BCUT2D eigenvalue weighted by Crippen LogP contribution is -2.40. The van der Waals surface area contributed by atoms with Gasteiger partial charge < -0.3 is 0 Å². The SMILES string of the molecule is C[n+]1[nH]oc(=O)c1C(=O)CSC1=N/C(=C/c2ccc(Cl)cc2Cl)C(=O)N1c1ccccc1. The molecule has 32 heavy (non-hydrogen) atoms. The predicted octanol–water partition coefficient (Wildman–Crippen LogP) is 3.46. The monoisotopic (exact) mass is 489 g/mol. The molecular weight excluding hydrogens is 475 g/mol. The number of rotatable bonds is 5. The molecule has 0 bridgehead atoms. The first kappa shape index (κ1) is 22.1. The first-order valence-electron chi connectivity index (χ1n) is 9.23. The van der Waals surface area contributed by atoms with Crippen molar-refractivity contribution in [2.24, 2.45) is 12.0 Å². The Morgan fingerprint density at radius 3 is 2.62 bits per heavy atom. The summed E-state index contributed by atoms with van der Waals surface area (Å²) in [6.07, 6.45) is 1.56. The fraction of sp³-hybridized carbons (Fsp3) is 0.0952. The highest BCUT2D eigenvalue weighted by atomic mass is 35.5. The number of thioether (sulfide) groups is 1. The van der Waals surface area contributed by atoms with Crippen molar-refractivity contribution in [2.75, 3.05) is 10.7 Å². The average Bonchev–Trinajstić information content (AvgIpc) is 3.27. The highest BCUT2D eigenvalue weighted by molar-refractivity contribution is 8.14. The predicted molar refractivity (Wildman–Crippen MR) is 123 cm³/mol. The van der Waals surface area contributed by atoms with E-state index >= 15 is 0 Å². The van der Waals surface area contributed by atoms with Crippen LogP contribution in [0, 0.1) is 0 Å². The Kier molecular flexibility index (Phi) is 6.31. The number of hydrogen-bond acceptors (Lipinski definition) is 6. The number of Topliss-reactive ketones (excluding diaryl/α,β-unsaturated/α-hetero) is 1. The third-order valence-electron chi connectivity index (χ3n) is 4.50. The number of aromatic nitrogens is 2. The average molecular weight is 490 g/mol. The molecule has 0 unspecified atom stereocenters. The summed E-state index contributed by atoms with van der Waals surface area (Å²) in [5.41, 5.74) is 0.432. The molecule has 8 nitrogen and oxygen atoms in total. The van der Waals surface area contributed by atoms with E-state index < -0.39 is 11.4 Å². The molecule has 4 rings (SSSR count). The first-order valence-corrected chi connectivity index (χ1v) is 11.0. The summed E-state index contributed by atoms with van der Waals surface area (Å²) in [5.74, 6) is -0.960. The number of H-pyrrole nitrogens is 1. The summed E-state index contributed by atoms with van der Waals surface area (Å²) < 4.78 is 5.83. The van der Waals surface area contributed by atoms with Gasteiger partial charge in [0.1, 0.15) is 5.70 Å². The molecule has 0 radical (unpaired) electrons. The molecule has 0 saturated heterocycles. The van der Waals surface area contributed by atoms with Gasteiger partial charge in [-0.25, -0.2) is 9.79 Å². The van der Waals surface area contributed by atoms with Crippen LogP contribution in [0.25, 0.3) is 6.08 Å². The van der Waals surface area contributed by atoms with Crippen LogP contribution in [0.5, 0.6) is 0 Å². The molecule has 0 atom stereocenters. The van der Waals surface area contributed by atoms with Crippen LogP contribution in [0.3, 0.4) is 0 Å². The third-order valence-corrected chi connectivity index (χ3v) is 6.00. The molecular formula is C21H15Cl2N4O4S+. The maximum absolute atomic E-state index is 13.2. The number of aromatic amines is 1. The van der Waals surface area contributed by atoms with Crippen LogP contribution < -0.4 is 15.2 Å². The number of ketones is 1. The Hall–Kier alpha value is -3.14. The van der Waals surface area contributed by atoms with E-state index in [4.69, 9.17) is 23.2 Å². The zero-order chi connectivity index (χ0) is 22.8. The summed E-state index contributed by atoms with van der Waals surface area (Å²) in [6, 6.07) is 13.8. The molecule has 162 valence electrons. The molecule has 2 aromatic carbocycles. The van der Waals surface area contributed by atoms with Crippen molar-refractivity contribution in [1.82, 2.24) is 5.27 Å². The Morgan fingerprint density at radius 1 is 1.22 bits per heavy atom. The van der Waals surface area contributed by atoms with E-state index in [0.717, 1.165) is 11.8 Å². The van der Waals surface area contributed by atoms with Gasteiger partial charge in [0.15, 0.2) is 12.2 Å². The molecule has 1 aliphatic rings. The molecule has 3 aromatic rings. The van der Waals surface area contributed by atoms with Gasteiger partial charge in [-0.3, -0.25) is 19.0 Å². The van der Waals surface area contributed by atoms with Gasteiger partial charge >= 0.3 is 11.3 Å². The molecule has 11 heteroatoms. The molecule has 1 N–H and O–H groups in total. The summed E-state index contributed by atoms with van der Waals surface area (Å²) >= 11 is 13.2. The third kappa shape index (κ3) is 4.40. The summed E-state index contributed by atoms with van der Waals surface area (Å²) in [4.78, 5) is 43.3. The van der Waals surface area contributed by atoms with Crippen LogP contribution >= 0.6 is 35.0 Å². The van der Waals surface area contributed by atoms with Crippen molar-refractivity contribution in [3.63, 3.8) is 0 Å². The van der Waals surface area contributed by atoms with E-state index in [1.165, 1.54) is 16.6 Å². The minimum Gasteiger partial charge on any atom is -0.286 e. The normalized spacial score (nSPS) is 14.8. The fourth-order valence-electron chi connectivity index (χ4n) is 3.00. The number of aryl methyl sites for hydroxylation is 1. The number of carbonyl (C=O) groups is 2. The lowest BCUT2D eigenvalue weighted by Gasteiger charge is -2.17. The first-order chi connectivity index (χ1) is 15.3. The minimum absolute atomic E-state index is 0.124. The zero-order valence-electron chi connectivity index (χ0n) is 16.5. The van der Waals surface area contributed by atoms with Crippen LogP contribution in [0.2, 0.25) is 10.0 Å². The number of hydrogen-bond donors (Lipinski definition) is 1. The minimum atomic E-state index is -0.764. The number of amides is 1. The molecule has 0 fully saturated rings. The highest BCUT2D eigenvalue weighted by Gasteiger charge is 2.34. The Bertz CT molecular complexity index is 1330. The number of nitrogens with zero attached hydrogens (tertiary/aromatic N) is 3. The van der Waals surface area contributed by atoms with Crippen LogP contribution in [-0.4, -0.2) is 27.9 Å². The van der Waals surface area contributed by atoms with E-state index in [1.807, 2.05) is 6.07 Å². The topological polar surface area (TPSA) is 99.6 Å². The lowest BCUT2D eigenvalue weighted by atomic mass is 10.2. The molecule has 1 aromatic heterocycles. The van der Waals surface area contributed by atoms with Crippen molar-refractivity contribution in [3.05, 3.63) is 86.0 Å². The van der Waals surface area contributed by atoms with Crippen LogP contribution in [0.15, 0.2) is 68.5 Å². The number of anilines is 1. The molecule has 2 heterocycles. The van der Waals surface area contributed by atoms with Crippen LogP contribution in [0.4, 0.5) is 5.69 Å². The van der Waals surface area contributed by atoms with Crippen molar-refractivity contribution < 1.29 is 18.8 Å². The van der Waals surface area contributed by atoms with E-state index in [1.54, 1.807) is 48.5 Å². The quantitative estimate of drug-likeness (QED) is 0.336. The highest BCUT2D eigenvalue weighted by Crippen LogP contribution is 2.31. The second kappa shape index (κ2) is 9.15. The van der Waals surface area contributed by atoms with Gasteiger partial charge in [-0.15, -0.1) is 0 Å². The Morgan fingerprint density at radius 2 is 1.97 bits per heavy atom. The number of carbonyl (C=O) groups excluding carboxylic acids is 2. The van der Waals surface area contributed by atoms with Crippen molar-refractivity contribution in [1.29, 1.82) is 0 Å². The molecule has 0 saturated carbocycles. The number of nitrogens with one attached hydrogen (secondary N) is 1. The maximum atomic E-state index is 13.2. The maximum Gasteiger partial charge on any atom is 0.438 e. The van der Waals surface area contributed by atoms with Crippen molar-refractivity contribution in [2.45, 2.75) is 0 Å².